The van der Waals surface area contributed by atoms with Crippen molar-refractivity contribution < 1.29 is 78.1 Å². The molecule has 21 rings (SSSR count). The first kappa shape index (κ1) is 104. The third-order valence-electron chi connectivity index (χ3n) is 27.0. The van der Waals surface area contributed by atoms with Crippen LogP contribution in [0.15, 0.2) is 339 Å². The van der Waals surface area contributed by atoms with E-state index in [9.17, 15) is 63.5 Å². The zero-order valence-corrected chi connectivity index (χ0v) is 81.5. The summed E-state index contributed by atoms with van der Waals surface area (Å²) in [5, 5.41) is 69.0. The van der Waals surface area contributed by atoms with Gasteiger partial charge in [-0.15, -0.1) is 11.8 Å². The maximum absolute atomic E-state index is 13.5. The number of aromatic carboxylic acids is 7. The topological polar surface area (TPSA) is 384 Å². The van der Waals surface area contributed by atoms with E-state index < -0.39 is 41.8 Å². The van der Waals surface area contributed by atoms with Crippen LogP contribution in [0.2, 0.25) is 0 Å². The SMILES string of the molecule is CN1CCC(CCc2cnccc2C(=O)O)c2ccccc21.O=C(O)c1ccncc1CCC1=CCCc2ccc(F)cc21.O=C(O)c1ccncc1CCC1CCSc2ccccc21.O=C(O)c1ccncc1CCC1CCc2ccccc21.O=C(O)c1ccncc1CCc1cc2ccccc2o1.O=C(O)c1ccncc1CCc1cccc2cc[nH]c12.O=C(O)c1ccncc1CCc1cccc2ccccc12. The standard InChI is InChI=1S/C18H16FNO2.C18H20N2O2.C18H15NO2.C17H17NO2S.C17H17NO2.C16H14N2O2.C16H13NO3/c19-15-7-6-13-3-1-2-12(17(13)10-15)4-5-14-11-20-9-8-16(14)18(21)22;1-20-11-9-13(15-4-2-3-5-17(15)20)6-7-14-12-19-10-8-16(14)18(21)22;20-18(21)17-10-11-19-12-15(17)9-8-14-6-3-5-13-4-1-2-7-16(13)14;19-17(20)15-7-9-18-11-13(15)6-5-12-8-10-21-16-4-2-1-3-14(12)16;19-17(20)16-9-10-18-11-14(16)8-7-13-6-5-12-3-1-2-4-15(12)13;19-16(20)14-7-8-17-10-13(14)5-4-11-2-1-3-12-6-9-18-15(11)12;18-16(19)14-7-8-17-10-12(14)5-6-13-9-11-3-1-2-4-15(11)20-13/h2,6-11H,1,3-5H2,(H,21,22);2-5,8,10,12-13H,6-7,9,11H2,1H3,(H,21,22);1-7,10-12H,8-9H2,(H,20,21);1-4,7,9,11-12H,5-6,8,10H2,(H,19,20);1-4,9-11,13H,5-8H2,(H,19,20);1-3,6-10,18H,4-5H2,(H,19,20);1-4,7-10H,5-6H2,(H,18,19). The van der Waals surface area contributed by atoms with Gasteiger partial charge in [0.15, 0.2) is 0 Å². The lowest BCUT2D eigenvalue weighted by Gasteiger charge is -2.33. The summed E-state index contributed by atoms with van der Waals surface area (Å²) in [6.45, 7) is 1.04. The maximum Gasteiger partial charge on any atom is 0.336 e. The molecule has 0 spiro atoms. The molecule has 0 bridgehead atoms. The molecule has 0 fully saturated rings. The smallest absolute Gasteiger partial charge is 0.336 e. The van der Waals surface area contributed by atoms with E-state index in [0.717, 1.165) is 168 Å². The van der Waals surface area contributed by atoms with Gasteiger partial charge >= 0.3 is 41.8 Å². The molecule has 3 atom stereocenters. The number of rotatable bonds is 28. The van der Waals surface area contributed by atoms with Crippen molar-refractivity contribution in [2.45, 2.75) is 151 Å². The summed E-state index contributed by atoms with van der Waals surface area (Å²) >= 11 is 1.92. The molecule has 17 aromatic rings. The number of hydrogen-bond acceptors (Lipinski definition) is 17. The number of benzene rings is 8. The van der Waals surface area contributed by atoms with E-state index in [4.69, 9.17) is 14.6 Å². The first-order valence-electron chi connectivity index (χ1n) is 48.8. The summed E-state index contributed by atoms with van der Waals surface area (Å²) in [7, 11) is 2.12. The van der Waals surface area contributed by atoms with Crippen LogP contribution in [0.4, 0.5) is 10.1 Å². The Labute approximate surface area is 849 Å². The van der Waals surface area contributed by atoms with Crippen molar-refractivity contribution in [1.82, 2.24) is 39.9 Å². The molecule has 24 nitrogen and oxygen atoms in total. The van der Waals surface area contributed by atoms with Crippen LogP contribution in [0.5, 0.6) is 0 Å². The summed E-state index contributed by atoms with van der Waals surface area (Å²) in [4.78, 5) is 114. The molecule has 146 heavy (non-hydrogen) atoms. The minimum absolute atomic E-state index is 0.237. The number of aromatic amines is 1. The van der Waals surface area contributed by atoms with E-state index in [0.29, 0.717) is 95.2 Å². The Bertz CT molecular complexity index is 7470. The fraction of sp³-hybridized carbons (Fsp3) is 0.217. The fourth-order valence-corrected chi connectivity index (χ4v) is 20.7. The molecule has 2 aliphatic heterocycles. The third-order valence-corrected chi connectivity index (χ3v) is 28.2. The van der Waals surface area contributed by atoms with Crippen LogP contribution in [-0.2, 0) is 77.0 Å². The van der Waals surface area contributed by atoms with E-state index in [1.807, 2.05) is 84.7 Å². The molecule has 0 amide bonds. The number of thioether (sulfide) groups is 1. The van der Waals surface area contributed by atoms with Crippen molar-refractivity contribution in [3.63, 3.8) is 0 Å². The highest BCUT2D eigenvalue weighted by Crippen LogP contribution is 2.42. The average Bonchev–Trinajstić information content (AvgIpc) is 1.40. The van der Waals surface area contributed by atoms with E-state index in [1.165, 1.54) is 122 Å². The lowest BCUT2D eigenvalue weighted by Crippen LogP contribution is -2.27. The predicted octanol–water partition coefficient (Wildman–Crippen LogP) is 24.7. The van der Waals surface area contributed by atoms with Crippen LogP contribution in [0.3, 0.4) is 0 Å². The molecule has 740 valence electrons. The lowest BCUT2D eigenvalue weighted by molar-refractivity contribution is 0.0684. The van der Waals surface area contributed by atoms with Gasteiger partial charge in [-0.1, -0.05) is 152 Å². The Balaban J connectivity index is 0.000000128. The van der Waals surface area contributed by atoms with Crippen molar-refractivity contribution in [3.05, 3.63) is 464 Å². The van der Waals surface area contributed by atoms with Crippen LogP contribution < -0.4 is 4.90 Å². The summed E-state index contributed by atoms with van der Waals surface area (Å²) in [6, 6.07) is 73.9. The zero-order chi connectivity index (χ0) is 102. The van der Waals surface area contributed by atoms with Crippen molar-refractivity contribution in [2.24, 2.45) is 0 Å². The average molecular weight is 1970 g/mol. The second-order valence-corrected chi connectivity index (χ2v) is 37.2. The molecule has 0 radical (unpaired) electrons. The van der Waals surface area contributed by atoms with Gasteiger partial charge in [-0.2, -0.15) is 0 Å². The zero-order valence-electron chi connectivity index (χ0n) is 80.7. The van der Waals surface area contributed by atoms with Crippen molar-refractivity contribution in [1.29, 1.82) is 0 Å². The Hall–Kier alpha value is -16.7. The minimum atomic E-state index is -0.943. The highest BCUT2D eigenvalue weighted by molar-refractivity contribution is 7.99. The number of pyridine rings is 7. The molecular formula is C120H112FN9O15S. The summed E-state index contributed by atoms with van der Waals surface area (Å²) in [5.41, 5.74) is 22.4. The first-order chi connectivity index (χ1) is 71.1. The highest BCUT2D eigenvalue weighted by Gasteiger charge is 2.28. The van der Waals surface area contributed by atoms with Gasteiger partial charge in [0.2, 0.25) is 0 Å². The maximum atomic E-state index is 13.5. The number of carboxylic acid groups (broad SMARTS) is 7. The monoisotopic (exact) mass is 1970 g/mol. The van der Waals surface area contributed by atoms with E-state index in [2.05, 4.69) is 167 Å². The summed E-state index contributed by atoms with van der Waals surface area (Å²) < 4.78 is 19.2. The number of anilines is 1. The number of nitrogens with zero attached hydrogens (tertiary/aromatic N) is 8. The number of nitrogens with one attached hydrogen (secondary N) is 1. The van der Waals surface area contributed by atoms with Crippen molar-refractivity contribution in [3.8, 4) is 0 Å². The Morgan fingerprint density at radius 3 is 1.32 bits per heavy atom. The number of furan rings is 1. The third kappa shape index (κ3) is 27.6. The fourth-order valence-electron chi connectivity index (χ4n) is 19.5. The van der Waals surface area contributed by atoms with Gasteiger partial charge in [0.05, 0.1) is 38.9 Å². The van der Waals surface area contributed by atoms with Crippen LogP contribution >= 0.6 is 11.8 Å². The molecule has 8 aromatic carbocycles. The first-order valence-corrected chi connectivity index (χ1v) is 49.8. The molecule has 2 aliphatic carbocycles. The number of aryl methyl sites for hydroxylation is 12. The van der Waals surface area contributed by atoms with Gasteiger partial charge in [-0.25, -0.2) is 38.0 Å². The molecule has 8 N–H and O–H groups in total. The van der Waals surface area contributed by atoms with Crippen molar-refractivity contribution >= 4 is 97.5 Å². The van der Waals surface area contributed by atoms with Crippen LogP contribution in [0, 0.1) is 5.82 Å². The van der Waals surface area contributed by atoms with Gasteiger partial charge in [-0.3, -0.25) is 34.9 Å². The van der Waals surface area contributed by atoms with Crippen molar-refractivity contribution in [2.75, 3.05) is 24.2 Å². The molecule has 11 heterocycles. The van der Waals surface area contributed by atoms with Crippen LogP contribution in [0.25, 0.3) is 38.2 Å². The molecule has 4 aliphatic rings. The number of halogens is 1. The molecule has 3 unspecified atom stereocenters. The molecular weight excluding hydrogens is 1860 g/mol. The Morgan fingerprint density at radius 1 is 0.370 bits per heavy atom. The number of para-hydroxylation sites is 3. The Kier molecular flexibility index (Phi) is 36.4. The summed E-state index contributed by atoms with van der Waals surface area (Å²) in [6.07, 6.45) is 43.3. The molecule has 9 aromatic heterocycles. The number of allylic oxidation sites excluding steroid dienone is 2. The molecule has 0 saturated carbocycles. The van der Waals surface area contributed by atoms with Gasteiger partial charge in [0, 0.05) is 134 Å². The van der Waals surface area contributed by atoms with Crippen LogP contribution in [-0.4, -0.2) is 137 Å². The van der Waals surface area contributed by atoms with Crippen LogP contribution in [0.1, 0.15) is 231 Å². The Morgan fingerprint density at radius 2 is 0.788 bits per heavy atom. The van der Waals surface area contributed by atoms with Gasteiger partial charge in [0.25, 0.3) is 0 Å². The van der Waals surface area contributed by atoms with Gasteiger partial charge < -0.3 is 50.0 Å². The number of carboxylic acids is 7. The van der Waals surface area contributed by atoms with Gasteiger partial charge in [0.1, 0.15) is 17.2 Å². The second-order valence-electron chi connectivity index (χ2n) is 36.1. The van der Waals surface area contributed by atoms with E-state index >= 15 is 0 Å². The number of H-pyrrole nitrogens is 1. The second kappa shape index (κ2) is 51.3. The van der Waals surface area contributed by atoms with E-state index in [-0.39, 0.29) is 11.4 Å². The lowest BCUT2D eigenvalue weighted by atomic mass is 9.85. The van der Waals surface area contributed by atoms with Gasteiger partial charge in [-0.05, 0) is 336 Å². The number of hydrogen-bond donors (Lipinski definition) is 8. The van der Waals surface area contributed by atoms with E-state index in [1.54, 1.807) is 86.0 Å². The predicted molar refractivity (Wildman–Crippen MR) is 564 cm³/mol. The minimum Gasteiger partial charge on any atom is -0.478 e. The number of fused-ring (bicyclic) bond motifs is 7. The highest BCUT2D eigenvalue weighted by atomic mass is 32.2. The largest absolute Gasteiger partial charge is 0.478 e. The normalized spacial score (nSPS) is 13.9. The quantitative estimate of drug-likeness (QED) is 0.0226. The number of carbonyl (C=O) groups is 7. The number of aromatic nitrogens is 8. The summed E-state index contributed by atoms with van der Waals surface area (Å²) in [5.74, 6) is -2.97. The molecule has 0 saturated heterocycles. The molecule has 26 heteroatoms.